The third-order valence-corrected chi connectivity index (χ3v) is 4.77. The minimum absolute atomic E-state index is 0.776. The van der Waals surface area contributed by atoms with Gasteiger partial charge in [0.25, 0.3) is 0 Å². The predicted octanol–water partition coefficient (Wildman–Crippen LogP) is 2.47. The molecule has 2 saturated heterocycles. The van der Waals surface area contributed by atoms with Gasteiger partial charge in [-0.2, -0.15) is 0 Å². The number of hydrogen-bond acceptors (Lipinski definition) is 3. The van der Waals surface area contributed by atoms with E-state index in [0.717, 1.165) is 12.6 Å². The molecule has 0 amide bonds. The van der Waals surface area contributed by atoms with Crippen LogP contribution in [0.15, 0.2) is 24.3 Å². The van der Waals surface area contributed by atoms with Gasteiger partial charge in [-0.25, -0.2) is 0 Å². The number of piperidine rings is 1. The van der Waals surface area contributed by atoms with Crippen LogP contribution in [0, 0.1) is 0 Å². The topological polar surface area (TPSA) is 18.5 Å². The molecular weight excluding hydrogens is 246 g/mol. The van der Waals surface area contributed by atoms with Gasteiger partial charge in [-0.3, -0.25) is 4.90 Å². The maximum absolute atomic E-state index is 3.29. The Kier molecular flexibility index (Phi) is 4.58. The Labute approximate surface area is 123 Å². The van der Waals surface area contributed by atoms with E-state index in [1.165, 1.54) is 63.1 Å². The smallest absolute Gasteiger partial charge is 0.0412 e. The van der Waals surface area contributed by atoms with Crippen LogP contribution in [0.25, 0.3) is 0 Å². The molecule has 1 atom stereocenters. The van der Waals surface area contributed by atoms with Gasteiger partial charge in [0, 0.05) is 31.4 Å². The molecule has 2 aliphatic heterocycles. The second-order valence-electron chi connectivity index (χ2n) is 6.14. The van der Waals surface area contributed by atoms with Crippen LogP contribution in [0.3, 0.4) is 0 Å². The minimum atomic E-state index is 0.776. The molecule has 2 fully saturated rings. The monoisotopic (exact) mass is 273 g/mol. The van der Waals surface area contributed by atoms with Gasteiger partial charge in [0.05, 0.1) is 0 Å². The lowest BCUT2D eigenvalue weighted by atomic mass is 10.1. The van der Waals surface area contributed by atoms with Crippen LogP contribution < -0.4 is 10.2 Å². The average molecular weight is 273 g/mol. The first-order valence-electron chi connectivity index (χ1n) is 8.10. The number of nitrogens with zero attached hydrogens (tertiary/aromatic N) is 2. The molecule has 2 heterocycles. The van der Waals surface area contributed by atoms with Crippen LogP contribution in [-0.4, -0.2) is 44.2 Å². The number of likely N-dealkylation sites (tertiary alicyclic amines) is 1. The van der Waals surface area contributed by atoms with Crippen molar-refractivity contribution in [3.63, 3.8) is 0 Å². The van der Waals surface area contributed by atoms with Crippen molar-refractivity contribution in [1.82, 2.24) is 10.2 Å². The van der Waals surface area contributed by atoms with Crippen molar-refractivity contribution in [2.45, 2.75) is 38.3 Å². The molecule has 110 valence electrons. The van der Waals surface area contributed by atoms with E-state index in [-0.39, 0.29) is 0 Å². The van der Waals surface area contributed by atoms with Gasteiger partial charge in [0.1, 0.15) is 0 Å². The minimum Gasteiger partial charge on any atom is -0.370 e. The molecule has 0 bridgehead atoms. The van der Waals surface area contributed by atoms with Crippen molar-refractivity contribution >= 4 is 5.69 Å². The Morgan fingerprint density at radius 3 is 2.70 bits per heavy atom. The highest BCUT2D eigenvalue weighted by molar-refractivity contribution is 5.54. The maximum Gasteiger partial charge on any atom is 0.0412 e. The summed E-state index contributed by atoms with van der Waals surface area (Å²) < 4.78 is 0. The Balaban J connectivity index is 1.67. The van der Waals surface area contributed by atoms with E-state index >= 15 is 0 Å². The Morgan fingerprint density at radius 2 is 1.90 bits per heavy atom. The molecule has 3 nitrogen and oxygen atoms in total. The highest BCUT2D eigenvalue weighted by Crippen LogP contribution is 2.27. The fourth-order valence-corrected chi connectivity index (χ4v) is 3.70. The summed E-state index contributed by atoms with van der Waals surface area (Å²) >= 11 is 0. The van der Waals surface area contributed by atoms with Crippen LogP contribution in [0.5, 0.6) is 0 Å². The van der Waals surface area contributed by atoms with Gasteiger partial charge in [-0.1, -0.05) is 24.6 Å². The SMILES string of the molecule is CNCc1ccccc1N1CCC(N2CCCCC2)C1. The molecule has 2 aliphatic rings. The molecule has 1 aromatic carbocycles. The molecule has 1 aromatic rings. The molecular formula is C17H27N3. The predicted molar refractivity (Wildman–Crippen MR) is 85.2 cm³/mol. The first kappa shape index (κ1) is 13.9. The Hall–Kier alpha value is -1.06. The zero-order valence-electron chi connectivity index (χ0n) is 12.6. The fourth-order valence-electron chi connectivity index (χ4n) is 3.70. The number of hydrogen-bond donors (Lipinski definition) is 1. The van der Waals surface area contributed by atoms with Crippen LogP contribution in [0.4, 0.5) is 5.69 Å². The lowest BCUT2D eigenvalue weighted by Crippen LogP contribution is -2.41. The van der Waals surface area contributed by atoms with E-state index in [1.807, 2.05) is 7.05 Å². The summed E-state index contributed by atoms with van der Waals surface area (Å²) in [4.78, 5) is 5.32. The van der Waals surface area contributed by atoms with Crippen molar-refractivity contribution in [1.29, 1.82) is 0 Å². The highest BCUT2D eigenvalue weighted by Gasteiger charge is 2.29. The fraction of sp³-hybridized carbons (Fsp3) is 0.647. The third-order valence-electron chi connectivity index (χ3n) is 4.77. The molecule has 1 N–H and O–H groups in total. The summed E-state index contributed by atoms with van der Waals surface area (Å²) in [5, 5.41) is 3.29. The zero-order chi connectivity index (χ0) is 13.8. The molecule has 3 rings (SSSR count). The largest absolute Gasteiger partial charge is 0.370 e. The van der Waals surface area contributed by atoms with Crippen molar-refractivity contribution < 1.29 is 0 Å². The van der Waals surface area contributed by atoms with Gasteiger partial charge in [-0.15, -0.1) is 0 Å². The average Bonchev–Trinajstić information content (AvgIpc) is 2.99. The van der Waals surface area contributed by atoms with Crippen molar-refractivity contribution in [3.8, 4) is 0 Å². The summed E-state index contributed by atoms with van der Waals surface area (Å²) in [7, 11) is 2.03. The molecule has 20 heavy (non-hydrogen) atoms. The van der Waals surface area contributed by atoms with Crippen LogP contribution in [-0.2, 0) is 6.54 Å². The van der Waals surface area contributed by atoms with E-state index in [1.54, 1.807) is 0 Å². The second-order valence-corrected chi connectivity index (χ2v) is 6.14. The van der Waals surface area contributed by atoms with E-state index in [0.29, 0.717) is 0 Å². The Bertz CT molecular complexity index is 426. The zero-order valence-corrected chi connectivity index (χ0v) is 12.6. The first-order chi connectivity index (χ1) is 9.88. The first-order valence-corrected chi connectivity index (χ1v) is 8.10. The molecule has 1 unspecified atom stereocenters. The van der Waals surface area contributed by atoms with Crippen molar-refractivity contribution in [2.75, 3.05) is 38.1 Å². The van der Waals surface area contributed by atoms with Gasteiger partial charge in [0.2, 0.25) is 0 Å². The number of anilines is 1. The van der Waals surface area contributed by atoms with E-state index < -0.39 is 0 Å². The molecule has 0 aromatic heterocycles. The number of benzene rings is 1. The molecule has 0 radical (unpaired) electrons. The highest BCUT2D eigenvalue weighted by atomic mass is 15.3. The van der Waals surface area contributed by atoms with Crippen LogP contribution >= 0.6 is 0 Å². The molecule has 3 heteroatoms. The summed E-state index contributed by atoms with van der Waals surface area (Å²) in [5.41, 5.74) is 2.86. The lowest BCUT2D eigenvalue weighted by Gasteiger charge is -2.32. The molecule has 0 aliphatic carbocycles. The van der Waals surface area contributed by atoms with Gasteiger partial charge in [-0.05, 0) is 51.0 Å². The van der Waals surface area contributed by atoms with Crippen LogP contribution in [0.1, 0.15) is 31.2 Å². The van der Waals surface area contributed by atoms with Gasteiger partial charge in [0.15, 0.2) is 0 Å². The summed E-state index contributed by atoms with van der Waals surface area (Å²) in [6, 6.07) is 9.63. The summed E-state index contributed by atoms with van der Waals surface area (Å²) in [6.07, 6.45) is 5.55. The van der Waals surface area contributed by atoms with E-state index in [2.05, 4.69) is 39.4 Å². The standard InChI is InChI=1S/C17H27N3/c1-18-13-15-7-3-4-8-17(15)20-12-9-16(14-20)19-10-5-2-6-11-19/h3-4,7-8,16,18H,2,5-6,9-14H2,1H3. The summed E-state index contributed by atoms with van der Waals surface area (Å²) in [6.45, 7) is 6.01. The quantitative estimate of drug-likeness (QED) is 0.909. The van der Waals surface area contributed by atoms with Gasteiger partial charge >= 0.3 is 0 Å². The third kappa shape index (κ3) is 2.99. The molecule has 0 spiro atoms. The normalized spacial score (nSPS) is 24.2. The maximum atomic E-state index is 3.29. The second kappa shape index (κ2) is 6.59. The summed E-state index contributed by atoms with van der Waals surface area (Å²) in [5.74, 6) is 0. The van der Waals surface area contributed by atoms with E-state index in [4.69, 9.17) is 0 Å². The van der Waals surface area contributed by atoms with Crippen molar-refractivity contribution in [2.24, 2.45) is 0 Å². The number of rotatable bonds is 4. The number of para-hydroxylation sites is 1. The van der Waals surface area contributed by atoms with Crippen molar-refractivity contribution in [3.05, 3.63) is 29.8 Å². The Morgan fingerprint density at radius 1 is 1.10 bits per heavy atom. The van der Waals surface area contributed by atoms with E-state index in [9.17, 15) is 0 Å². The van der Waals surface area contributed by atoms with Gasteiger partial charge < -0.3 is 10.2 Å². The number of nitrogens with one attached hydrogen (secondary N) is 1. The molecule has 0 saturated carbocycles. The lowest BCUT2D eigenvalue weighted by molar-refractivity contribution is 0.175. The van der Waals surface area contributed by atoms with Crippen LogP contribution in [0.2, 0.25) is 0 Å².